The van der Waals surface area contributed by atoms with E-state index in [1.165, 1.54) is 0 Å². The van der Waals surface area contributed by atoms with E-state index in [2.05, 4.69) is 31.4 Å². The Morgan fingerprint density at radius 2 is 1.80 bits per heavy atom. The number of imide groups is 1. The molecule has 2 unspecified atom stereocenters. The highest BCUT2D eigenvalue weighted by Gasteiger charge is 2.56. The summed E-state index contributed by atoms with van der Waals surface area (Å²) in [5.41, 5.74) is -0.931. The molecule has 8 nitrogen and oxygen atoms in total. The Bertz CT molecular complexity index is 727. The molecule has 2 heterocycles. The topological polar surface area (TPSA) is 98.8 Å². The summed E-state index contributed by atoms with van der Waals surface area (Å²) in [5, 5.41) is 5.84. The molecule has 0 radical (unpaired) electrons. The van der Waals surface area contributed by atoms with Crippen LogP contribution in [0.3, 0.4) is 0 Å². The van der Waals surface area contributed by atoms with Gasteiger partial charge in [-0.3, -0.25) is 19.3 Å². The van der Waals surface area contributed by atoms with Gasteiger partial charge in [0.05, 0.1) is 0 Å². The predicted molar refractivity (Wildman–Crippen MR) is 112 cm³/mol. The monoisotopic (exact) mass is 420 g/mol. The summed E-state index contributed by atoms with van der Waals surface area (Å²) in [4.78, 5) is 53.6. The third-order valence-electron chi connectivity index (χ3n) is 6.57. The summed E-state index contributed by atoms with van der Waals surface area (Å²) in [6.07, 6.45) is 3.41. The van der Waals surface area contributed by atoms with Crippen molar-refractivity contribution in [1.29, 1.82) is 0 Å². The molecule has 0 aromatic carbocycles. The Balaban J connectivity index is 1.59. The van der Waals surface area contributed by atoms with Gasteiger partial charge in [-0.2, -0.15) is 0 Å². The number of hydrogen-bond acceptors (Lipinski definition) is 4. The van der Waals surface area contributed by atoms with E-state index in [0.29, 0.717) is 44.7 Å². The molecule has 2 atom stereocenters. The average Bonchev–Trinajstić information content (AvgIpc) is 2.82. The largest absolute Gasteiger partial charge is 0.354 e. The second-order valence-corrected chi connectivity index (χ2v) is 10.6. The summed E-state index contributed by atoms with van der Waals surface area (Å²) in [6.45, 7) is 10.9. The first-order chi connectivity index (χ1) is 13.9. The zero-order chi connectivity index (χ0) is 22.3. The van der Waals surface area contributed by atoms with Gasteiger partial charge in [0.1, 0.15) is 12.1 Å². The van der Waals surface area contributed by atoms with Gasteiger partial charge in [0.25, 0.3) is 5.91 Å². The van der Waals surface area contributed by atoms with Gasteiger partial charge in [-0.15, -0.1) is 0 Å². The van der Waals surface area contributed by atoms with Crippen LogP contribution < -0.4 is 10.6 Å². The van der Waals surface area contributed by atoms with Gasteiger partial charge < -0.3 is 15.5 Å². The van der Waals surface area contributed by atoms with Crippen LogP contribution in [0.1, 0.15) is 66.7 Å². The molecule has 3 fully saturated rings. The van der Waals surface area contributed by atoms with Crippen LogP contribution in [-0.4, -0.2) is 64.8 Å². The highest BCUT2D eigenvalue weighted by atomic mass is 16.2. The fraction of sp³-hybridized carbons (Fsp3) is 0.818. The molecule has 2 aliphatic heterocycles. The summed E-state index contributed by atoms with van der Waals surface area (Å²) < 4.78 is 0. The number of hydrogen-bond donors (Lipinski definition) is 2. The molecule has 8 heteroatoms. The Kier molecular flexibility index (Phi) is 6.16. The molecule has 2 N–H and O–H groups in total. The second-order valence-electron chi connectivity index (χ2n) is 10.6. The standard InChI is InChI=1S/C22H36N4O4/c1-14(2)23-18(28)16-6-8-25(9-7-16)17(27)12-26-19(29)22(24-20(26)30)11-15(3)10-21(4,5)13-22/h14-16H,6-13H2,1-5H3,(H,23,28)(H,24,30). The van der Waals surface area contributed by atoms with Crippen molar-refractivity contribution < 1.29 is 19.2 Å². The van der Waals surface area contributed by atoms with Crippen molar-refractivity contribution in [3.63, 3.8) is 0 Å². The molecular formula is C22H36N4O4. The highest BCUT2D eigenvalue weighted by Crippen LogP contribution is 2.46. The van der Waals surface area contributed by atoms with Crippen molar-refractivity contribution in [2.75, 3.05) is 19.6 Å². The van der Waals surface area contributed by atoms with Crippen LogP contribution in [0.2, 0.25) is 0 Å². The minimum Gasteiger partial charge on any atom is -0.354 e. The van der Waals surface area contributed by atoms with Crippen LogP contribution in [0.5, 0.6) is 0 Å². The molecule has 168 valence electrons. The van der Waals surface area contributed by atoms with Crippen molar-refractivity contribution in [2.24, 2.45) is 17.3 Å². The van der Waals surface area contributed by atoms with Crippen molar-refractivity contribution in [1.82, 2.24) is 20.4 Å². The first-order valence-corrected chi connectivity index (χ1v) is 11.1. The zero-order valence-corrected chi connectivity index (χ0v) is 18.9. The lowest BCUT2D eigenvalue weighted by molar-refractivity contribution is -0.142. The number of nitrogens with zero attached hydrogens (tertiary/aromatic N) is 2. The molecular weight excluding hydrogens is 384 g/mol. The smallest absolute Gasteiger partial charge is 0.325 e. The fourth-order valence-electron chi connectivity index (χ4n) is 5.68. The van der Waals surface area contributed by atoms with Crippen LogP contribution in [0.25, 0.3) is 0 Å². The number of urea groups is 1. The number of piperidine rings is 1. The van der Waals surface area contributed by atoms with Gasteiger partial charge in [-0.05, 0) is 57.3 Å². The Morgan fingerprint density at radius 1 is 1.17 bits per heavy atom. The van der Waals surface area contributed by atoms with Crippen molar-refractivity contribution in [2.45, 2.75) is 78.3 Å². The Morgan fingerprint density at radius 3 is 2.37 bits per heavy atom. The molecule has 1 saturated carbocycles. The summed E-state index contributed by atoms with van der Waals surface area (Å²) >= 11 is 0. The van der Waals surface area contributed by atoms with Crippen molar-refractivity contribution >= 4 is 23.8 Å². The first kappa shape index (κ1) is 22.6. The van der Waals surface area contributed by atoms with Crippen LogP contribution in [0.15, 0.2) is 0 Å². The van der Waals surface area contributed by atoms with E-state index >= 15 is 0 Å². The number of nitrogens with one attached hydrogen (secondary N) is 2. The maximum atomic E-state index is 13.2. The Labute approximate surface area is 179 Å². The van der Waals surface area contributed by atoms with E-state index < -0.39 is 11.6 Å². The van der Waals surface area contributed by atoms with Crippen LogP contribution in [-0.2, 0) is 14.4 Å². The lowest BCUT2D eigenvalue weighted by atomic mass is 9.64. The predicted octanol–water partition coefficient (Wildman–Crippen LogP) is 1.89. The van der Waals surface area contributed by atoms with Gasteiger partial charge in [0, 0.05) is 25.0 Å². The molecule has 0 bridgehead atoms. The fourth-order valence-corrected chi connectivity index (χ4v) is 5.68. The minimum absolute atomic E-state index is 0.0298. The van der Waals surface area contributed by atoms with Gasteiger partial charge >= 0.3 is 6.03 Å². The van der Waals surface area contributed by atoms with E-state index in [1.54, 1.807) is 4.90 Å². The van der Waals surface area contributed by atoms with E-state index in [1.807, 2.05) is 13.8 Å². The second kappa shape index (κ2) is 8.19. The van der Waals surface area contributed by atoms with Gasteiger partial charge in [-0.1, -0.05) is 20.8 Å². The van der Waals surface area contributed by atoms with Gasteiger partial charge in [0.2, 0.25) is 11.8 Å². The number of likely N-dealkylation sites (tertiary alicyclic amines) is 1. The number of rotatable bonds is 4. The molecule has 2 saturated heterocycles. The summed E-state index contributed by atoms with van der Waals surface area (Å²) in [7, 11) is 0. The maximum absolute atomic E-state index is 13.2. The normalized spacial score (nSPS) is 29.5. The summed E-state index contributed by atoms with van der Waals surface area (Å²) in [5.74, 6) is -0.248. The van der Waals surface area contributed by atoms with Crippen LogP contribution >= 0.6 is 0 Å². The third-order valence-corrected chi connectivity index (χ3v) is 6.57. The van der Waals surface area contributed by atoms with Crippen LogP contribution in [0, 0.1) is 17.3 Å². The number of carbonyl (C=O) groups is 4. The molecule has 0 aromatic rings. The van der Waals surface area contributed by atoms with E-state index in [-0.39, 0.29) is 41.6 Å². The molecule has 3 aliphatic rings. The highest BCUT2D eigenvalue weighted by molar-refractivity contribution is 6.09. The van der Waals surface area contributed by atoms with E-state index in [4.69, 9.17) is 0 Å². The third kappa shape index (κ3) is 4.62. The SMILES string of the molecule is CC1CC(C)(C)CC2(C1)NC(=O)N(CC(=O)N1CCC(C(=O)NC(C)C)CC1)C2=O. The average molecular weight is 421 g/mol. The van der Waals surface area contributed by atoms with E-state index in [0.717, 1.165) is 11.3 Å². The molecule has 1 spiro atoms. The number of amides is 5. The molecule has 0 aromatic heterocycles. The quantitative estimate of drug-likeness (QED) is 0.679. The molecule has 30 heavy (non-hydrogen) atoms. The van der Waals surface area contributed by atoms with Crippen molar-refractivity contribution in [3.8, 4) is 0 Å². The number of carbonyl (C=O) groups excluding carboxylic acids is 4. The molecule has 1 aliphatic carbocycles. The first-order valence-electron chi connectivity index (χ1n) is 11.1. The molecule has 3 rings (SSSR count). The summed E-state index contributed by atoms with van der Waals surface area (Å²) in [6, 6.07) is -0.374. The minimum atomic E-state index is -0.888. The zero-order valence-electron chi connectivity index (χ0n) is 18.9. The van der Waals surface area contributed by atoms with Gasteiger partial charge in [0.15, 0.2) is 0 Å². The lowest BCUT2D eigenvalue weighted by Crippen LogP contribution is -2.54. The lowest BCUT2D eigenvalue weighted by Gasteiger charge is -2.43. The maximum Gasteiger partial charge on any atom is 0.325 e. The van der Waals surface area contributed by atoms with Crippen LogP contribution in [0.4, 0.5) is 4.79 Å². The van der Waals surface area contributed by atoms with Crippen molar-refractivity contribution in [3.05, 3.63) is 0 Å². The van der Waals surface area contributed by atoms with Gasteiger partial charge in [-0.25, -0.2) is 4.79 Å². The molecule has 5 amide bonds. The van der Waals surface area contributed by atoms with E-state index in [9.17, 15) is 19.2 Å². The Hall–Kier alpha value is -2.12.